The normalized spacial score (nSPS) is 16.3. The third kappa shape index (κ3) is 4.09. The van der Waals surface area contributed by atoms with Gasteiger partial charge in [-0.05, 0) is 48.5 Å². The van der Waals surface area contributed by atoms with E-state index in [0.29, 0.717) is 27.2 Å². The number of hydrogen-bond donors (Lipinski definition) is 1. The Kier molecular flexibility index (Phi) is 5.47. The van der Waals surface area contributed by atoms with Gasteiger partial charge in [0.2, 0.25) is 5.91 Å². The predicted molar refractivity (Wildman–Crippen MR) is 112 cm³/mol. The maximum Gasteiger partial charge on any atom is 0.260 e. The van der Waals surface area contributed by atoms with Crippen LogP contribution in [0.2, 0.25) is 10.0 Å². The highest BCUT2D eigenvalue weighted by atomic mass is 35.5. The van der Waals surface area contributed by atoms with Crippen molar-refractivity contribution in [1.82, 2.24) is 5.32 Å². The van der Waals surface area contributed by atoms with E-state index in [1.165, 1.54) is 11.3 Å². The fourth-order valence-electron chi connectivity index (χ4n) is 3.24. The molecule has 0 saturated carbocycles. The van der Waals surface area contributed by atoms with Crippen molar-refractivity contribution in [1.29, 1.82) is 0 Å². The summed E-state index contributed by atoms with van der Waals surface area (Å²) in [4.78, 5) is 26.0. The minimum atomic E-state index is -0.886. The number of benzene rings is 2. The maximum absolute atomic E-state index is 13.2. The number of carbonyl (C=O) groups is 2. The Hall–Kier alpha value is -2.96. The quantitative estimate of drug-likeness (QED) is 0.614. The van der Waals surface area contributed by atoms with E-state index in [9.17, 15) is 9.59 Å². The summed E-state index contributed by atoms with van der Waals surface area (Å²) in [5, 5.41) is 6.99. The van der Waals surface area contributed by atoms with E-state index in [2.05, 4.69) is 5.32 Å². The van der Waals surface area contributed by atoms with Gasteiger partial charge < -0.3 is 9.73 Å². The SMILES string of the molecule is O=C(NCc1ccco1)C1CN(c2cccc(Cl)c2)N(c2cccc(Cl)c2)C1=O. The van der Waals surface area contributed by atoms with Gasteiger partial charge in [0.05, 0.1) is 30.7 Å². The van der Waals surface area contributed by atoms with Crippen molar-refractivity contribution in [3.8, 4) is 0 Å². The molecule has 6 nitrogen and oxygen atoms in total. The lowest BCUT2D eigenvalue weighted by molar-refractivity contribution is -0.131. The largest absolute Gasteiger partial charge is 0.467 e. The van der Waals surface area contributed by atoms with Crippen molar-refractivity contribution in [2.45, 2.75) is 6.54 Å². The van der Waals surface area contributed by atoms with Crippen LogP contribution in [-0.2, 0) is 16.1 Å². The molecule has 1 fully saturated rings. The first kappa shape index (κ1) is 19.4. The van der Waals surface area contributed by atoms with Gasteiger partial charge in [-0.3, -0.25) is 14.6 Å². The van der Waals surface area contributed by atoms with E-state index < -0.39 is 5.92 Å². The second-order valence-electron chi connectivity index (χ2n) is 6.54. The summed E-state index contributed by atoms with van der Waals surface area (Å²) < 4.78 is 5.23. The van der Waals surface area contributed by atoms with Crippen molar-refractivity contribution in [3.05, 3.63) is 82.7 Å². The molecule has 0 radical (unpaired) electrons. The van der Waals surface area contributed by atoms with E-state index in [0.717, 1.165) is 0 Å². The summed E-state index contributed by atoms with van der Waals surface area (Å²) in [6.07, 6.45) is 1.53. The molecule has 1 atom stereocenters. The lowest BCUT2D eigenvalue weighted by atomic mass is 10.1. The number of hydrogen-bond acceptors (Lipinski definition) is 4. The third-order valence-corrected chi connectivity index (χ3v) is 5.07. The van der Waals surface area contributed by atoms with Crippen molar-refractivity contribution in [3.63, 3.8) is 0 Å². The smallest absolute Gasteiger partial charge is 0.260 e. The van der Waals surface area contributed by atoms with Gasteiger partial charge in [-0.1, -0.05) is 35.3 Å². The number of rotatable bonds is 5. The second-order valence-corrected chi connectivity index (χ2v) is 7.41. The minimum absolute atomic E-state index is 0.176. The molecule has 4 rings (SSSR count). The molecule has 8 heteroatoms. The third-order valence-electron chi connectivity index (χ3n) is 4.60. The summed E-state index contributed by atoms with van der Waals surface area (Å²) in [5.74, 6) is -0.989. The average Bonchev–Trinajstić information content (AvgIpc) is 3.34. The summed E-state index contributed by atoms with van der Waals surface area (Å²) in [6.45, 7) is 0.389. The molecule has 2 heterocycles. The molecule has 1 aromatic heterocycles. The van der Waals surface area contributed by atoms with Gasteiger partial charge in [0, 0.05) is 10.0 Å². The van der Waals surface area contributed by atoms with Crippen LogP contribution in [0.5, 0.6) is 0 Å². The van der Waals surface area contributed by atoms with Crippen LogP contribution in [0.3, 0.4) is 0 Å². The second kappa shape index (κ2) is 8.19. The highest BCUT2D eigenvalue weighted by Crippen LogP contribution is 2.33. The fourth-order valence-corrected chi connectivity index (χ4v) is 3.61. The minimum Gasteiger partial charge on any atom is -0.467 e. The molecule has 3 aromatic rings. The van der Waals surface area contributed by atoms with Crippen molar-refractivity contribution < 1.29 is 14.0 Å². The Morgan fingerprint density at radius 2 is 1.72 bits per heavy atom. The van der Waals surface area contributed by atoms with Crippen LogP contribution in [0.1, 0.15) is 5.76 Å². The van der Waals surface area contributed by atoms with Crippen LogP contribution >= 0.6 is 23.2 Å². The van der Waals surface area contributed by atoms with E-state index in [1.54, 1.807) is 59.6 Å². The fraction of sp³-hybridized carbons (Fsp3) is 0.143. The molecule has 29 heavy (non-hydrogen) atoms. The Labute approximate surface area is 177 Å². The summed E-state index contributed by atoms with van der Waals surface area (Å²) >= 11 is 12.3. The summed E-state index contributed by atoms with van der Waals surface area (Å²) in [5.41, 5.74) is 1.27. The number of nitrogens with one attached hydrogen (secondary N) is 1. The van der Waals surface area contributed by atoms with Crippen LogP contribution in [-0.4, -0.2) is 18.4 Å². The van der Waals surface area contributed by atoms with Crippen molar-refractivity contribution in [2.24, 2.45) is 5.92 Å². The van der Waals surface area contributed by atoms with Gasteiger partial charge in [-0.25, -0.2) is 5.01 Å². The molecule has 0 bridgehead atoms. The molecular weight excluding hydrogens is 413 g/mol. The van der Waals surface area contributed by atoms with Crippen LogP contribution in [0.25, 0.3) is 0 Å². The van der Waals surface area contributed by atoms with Gasteiger partial charge in [0.1, 0.15) is 11.7 Å². The van der Waals surface area contributed by atoms with Crippen LogP contribution in [0.15, 0.2) is 71.3 Å². The number of anilines is 2. The van der Waals surface area contributed by atoms with Crippen molar-refractivity contribution >= 4 is 46.4 Å². The van der Waals surface area contributed by atoms with E-state index in [4.69, 9.17) is 27.6 Å². The number of halogens is 2. The molecule has 2 amide bonds. The lowest BCUT2D eigenvalue weighted by Crippen LogP contribution is -2.40. The monoisotopic (exact) mass is 429 g/mol. The number of carbonyl (C=O) groups excluding carboxylic acids is 2. The zero-order valence-corrected chi connectivity index (χ0v) is 16.7. The van der Waals surface area contributed by atoms with E-state index in [-0.39, 0.29) is 24.9 Å². The Morgan fingerprint density at radius 3 is 2.38 bits per heavy atom. The van der Waals surface area contributed by atoms with Gasteiger partial charge in [0.15, 0.2) is 0 Å². The summed E-state index contributed by atoms with van der Waals surface area (Å²) in [7, 11) is 0. The predicted octanol–water partition coefficient (Wildman–Crippen LogP) is 4.29. The molecule has 1 saturated heterocycles. The molecule has 148 valence electrons. The number of nitrogens with zero attached hydrogens (tertiary/aromatic N) is 2. The Morgan fingerprint density at radius 1 is 1.03 bits per heavy atom. The first-order valence-electron chi connectivity index (χ1n) is 8.95. The molecule has 0 spiro atoms. The zero-order valence-electron chi connectivity index (χ0n) is 15.2. The van der Waals surface area contributed by atoms with E-state index in [1.807, 2.05) is 6.07 Å². The molecule has 1 unspecified atom stereocenters. The Balaban J connectivity index is 1.63. The molecule has 0 aliphatic carbocycles. The standard InChI is InChI=1S/C21H17Cl2N3O3/c22-14-4-1-6-16(10-14)25-13-19(20(27)24-12-18-8-3-9-29-18)21(28)26(25)17-7-2-5-15(23)11-17/h1-11,19H,12-13H2,(H,24,27). The first-order chi connectivity index (χ1) is 14.0. The highest BCUT2D eigenvalue weighted by Gasteiger charge is 2.43. The molecular formula is C21H17Cl2N3O3. The van der Waals surface area contributed by atoms with Gasteiger partial charge >= 0.3 is 0 Å². The van der Waals surface area contributed by atoms with Crippen molar-refractivity contribution in [2.75, 3.05) is 16.6 Å². The average molecular weight is 430 g/mol. The summed E-state index contributed by atoms with van der Waals surface area (Å²) in [6, 6.07) is 17.5. The number of hydrazine groups is 1. The Bertz CT molecular complexity index is 1040. The first-order valence-corrected chi connectivity index (χ1v) is 9.71. The number of furan rings is 1. The van der Waals surface area contributed by atoms with Crippen LogP contribution in [0, 0.1) is 5.92 Å². The van der Waals surface area contributed by atoms with Gasteiger partial charge in [-0.2, -0.15) is 0 Å². The van der Waals surface area contributed by atoms with Crippen LogP contribution < -0.4 is 15.3 Å². The highest BCUT2D eigenvalue weighted by molar-refractivity contribution is 6.31. The molecule has 1 aliphatic rings. The van der Waals surface area contributed by atoms with E-state index >= 15 is 0 Å². The van der Waals surface area contributed by atoms with Crippen LogP contribution in [0.4, 0.5) is 11.4 Å². The van der Waals surface area contributed by atoms with Gasteiger partial charge in [-0.15, -0.1) is 0 Å². The maximum atomic E-state index is 13.2. The molecule has 1 N–H and O–H groups in total. The topological polar surface area (TPSA) is 65.8 Å². The lowest BCUT2D eigenvalue weighted by Gasteiger charge is -2.29. The van der Waals surface area contributed by atoms with Gasteiger partial charge in [0.25, 0.3) is 5.91 Å². The molecule has 1 aliphatic heterocycles. The number of amides is 2. The molecule has 2 aromatic carbocycles. The zero-order chi connectivity index (χ0) is 20.4.